The first kappa shape index (κ1) is 20.1. The summed E-state index contributed by atoms with van der Waals surface area (Å²) in [5.74, 6) is -1.97. The van der Waals surface area contributed by atoms with E-state index in [4.69, 9.17) is 4.74 Å². The molecular weight excluding hydrogens is 413 g/mol. The van der Waals surface area contributed by atoms with Crippen LogP contribution in [0.1, 0.15) is 18.5 Å². The fourth-order valence-corrected chi connectivity index (χ4v) is 3.30. The van der Waals surface area contributed by atoms with Crippen LogP contribution in [0.25, 0.3) is 5.69 Å². The molecule has 2 atom stereocenters. The quantitative estimate of drug-likeness (QED) is 0.460. The lowest BCUT2D eigenvalue weighted by Gasteiger charge is -2.21. The van der Waals surface area contributed by atoms with Gasteiger partial charge in [0.2, 0.25) is 0 Å². The van der Waals surface area contributed by atoms with Crippen molar-refractivity contribution in [2.24, 2.45) is 0 Å². The fraction of sp³-hybridized carbons (Fsp3) is 0.263. The van der Waals surface area contributed by atoms with Crippen molar-refractivity contribution in [2.45, 2.75) is 24.9 Å². The number of epoxide rings is 1. The number of rotatable bonds is 5. The minimum atomic E-state index is -4.83. The summed E-state index contributed by atoms with van der Waals surface area (Å²) in [6, 6.07) is 7.01. The Balaban J connectivity index is 1.63. The molecule has 0 unspecified atom stereocenters. The molecule has 0 saturated carbocycles. The van der Waals surface area contributed by atoms with Crippen LogP contribution in [0.15, 0.2) is 53.6 Å². The van der Waals surface area contributed by atoms with Gasteiger partial charge in [0, 0.05) is 11.6 Å². The van der Waals surface area contributed by atoms with E-state index in [2.05, 4.69) is 9.84 Å². The number of nitrogens with zero attached hydrogens (tertiary/aromatic N) is 3. The lowest BCUT2D eigenvalue weighted by molar-refractivity contribution is -0.274. The predicted molar refractivity (Wildman–Crippen MR) is 93.2 cm³/mol. The molecule has 6 nitrogen and oxygen atoms in total. The second-order valence-electron chi connectivity index (χ2n) is 6.75. The summed E-state index contributed by atoms with van der Waals surface area (Å²) in [6.07, 6.45) is -3.61. The number of ether oxygens (including phenoxy) is 2. The van der Waals surface area contributed by atoms with Gasteiger partial charge in [0.1, 0.15) is 29.3 Å². The van der Waals surface area contributed by atoms with E-state index in [0.29, 0.717) is 0 Å². The van der Waals surface area contributed by atoms with Gasteiger partial charge in [0.15, 0.2) is 0 Å². The van der Waals surface area contributed by atoms with Crippen LogP contribution in [0, 0.1) is 11.6 Å². The van der Waals surface area contributed by atoms with E-state index < -0.39 is 41.1 Å². The van der Waals surface area contributed by atoms with E-state index in [9.17, 15) is 26.7 Å². The van der Waals surface area contributed by atoms with Crippen molar-refractivity contribution in [1.29, 1.82) is 0 Å². The second-order valence-corrected chi connectivity index (χ2v) is 6.75. The van der Waals surface area contributed by atoms with Crippen molar-refractivity contribution in [3.05, 3.63) is 76.5 Å². The monoisotopic (exact) mass is 427 g/mol. The Labute approximate surface area is 166 Å². The van der Waals surface area contributed by atoms with Gasteiger partial charge >= 0.3 is 12.1 Å². The Morgan fingerprint density at radius 1 is 1.17 bits per heavy atom. The first-order chi connectivity index (χ1) is 14.1. The van der Waals surface area contributed by atoms with Gasteiger partial charge in [-0.15, -0.1) is 13.2 Å². The molecular formula is C19H14F5N3O3. The van der Waals surface area contributed by atoms with E-state index in [1.807, 2.05) is 0 Å². The molecule has 11 heteroatoms. The lowest BCUT2D eigenvalue weighted by atomic mass is 9.92. The molecule has 0 radical (unpaired) electrons. The minimum absolute atomic E-state index is 0.115. The van der Waals surface area contributed by atoms with Gasteiger partial charge in [-0.2, -0.15) is 9.78 Å². The van der Waals surface area contributed by atoms with Crippen molar-refractivity contribution < 1.29 is 31.4 Å². The van der Waals surface area contributed by atoms with Gasteiger partial charge in [-0.3, -0.25) is 4.57 Å². The maximum Gasteiger partial charge on any atom is 0.573 e. The minimum Gasteiger partial charge on any atom is -0.406 e. The molecule has 1 fully saturated rings. The molecule has 0 aliphatic carbocycles. The molecule has 0 bridgehead atoms. The summed E-state index contributed by atoms with van der Waals surface area (Å²) >= 11 is 0. The molecule has 4 rings (SSSR count). The zero-order chi connectivity index (χ0) is 21.7. The smallest absolute Gasteiger partial charge is 0.406 e. The van der Waals surface area contributed by atoms with Crippen LogP contribution in [0.2, 0.25) is 0 Å². The van der Waals surface area contributed by atoms with E-state index in [0.717, 1.165) is 28.9 Å². The lowest BCUT2D eigenvalue weighted by Crippen LogP contribution is -2.33. The average Bonchev–Trinajstić information content (AvgIpc) is 3.37. The zero-order valence-corrected chi connectivity index (χ0v) is 15.4. The number of hydrogen-bond acceptors (Lipinski definition) is 4. The second kappa shape index (κ2) is 6.94. The van der Waals surface area contributed by atoms with Crippen LogP contribution in [-0.2, 0) is 10.3 Å². The van der Waals surface area contributed by atoms with Crippen LogP contribution in [0.4, 0.5) is 22.0 Å². The summed E-state index contributed by atoms with van der Waals surface area (Å²) in [5.41, 5.74) is -1.44. The van der Waals surface area contributed by atoms with Crippen LogP contribution in [-0.4, -0.2) is 27.3 Å². The molecule has 158 valence electrons. The largest absolute Gasteiger partial charge is 0.573 e. The highest BCUT2D eigenvalue weighted by molar-refractivity contribution is 5.36. The molecule has 0 amide bonds. The number of benzene rings is 2. The Morgan fingerprint density at radius 2 is 1.83 bits per heavy atom. The topological polar surface area (TPSA) is 61.6 Å². The molecule has 0 N–H and O–H groups in total. The molecule has 0 spiro atoms. The Kier molecular flexibility index (Phi) is 4.64. The van der Waals surface area contributed by atoms with E-state index >= 15 is 0 Å². The fourth-order valence-electron chi connectivity index (χ4n) is 3.30. The third kappa shape index (κ3) is 3.56. The number of alkyl halides is 3. The third-order valence-corrected chi connectivity index (χ3v) is 4.94. The maximum atomic E-state index is 14.3. The van der Waals surface area contributed by atoms with Crippen LogP contribution in [0.5, 0.6) is 5.75 Å². The van der Waals surface area contributed by atoms with Crippen LogP contribution in [0.3, 0.4) is 0 Å². The first-order valence-corrected chi connectivity index (χ1v) is 8.72. The molecule has 3 aromatic rings. The molecule has 1 saturated heterocycles. The van der Waals surface area contributed by atoms with Gasteiger partial charge in [-0.25, -0.2) is 13.6 Å². The van der Waals surface area contributed by atoms with Crippen LogP contribution < -0.4 is 10.4 Å². The molecule has 30 heavy (non-hydrogen) atoms. The molecule has 2 aromatic carbocycles. The zero-order valence-electron chi connectivity index (χ0n) is 15.4. The summed E-state index contributed by atoms with van der Waals surface area (Å²) in [4.78, 5) is 12.8. The summed E-state index contributed by atoms with van der Waals surface area (Å²) < 4.78 is 75.8. The van der Waals surface area contributed by atoms with E-state index in [1.165, 1.54) is 29.1 Å². The Bertz CT molecular complexity index is 1130. The maximum absolute atomic E-state index is 14.3. The standard InChI is InChI=1S/C19H14F5N3O3/c1-11(18(9-29-18)15-7-2-12(20)8-16(15)21)26-10-25-27(17(26)28)13-3-5-14(6-4-13)30-19(22,23)24/h2-8,10-11H,9H2,1H3/t11-,18-/m1/s1. The number of aromatic nitrogens is 3. The van der Waals surface area contributed by atoms with Crippen molar-refractivity contribution in [1.82, 2.24) is 14.3 Å². The van der Waals surface area contributed by atoms with Crippen molar-refractivity contribution in [2.75, 3.05) is 6.61 Å². The Morgan fingerprint density at radius 3 is 2.40 bits per heavy atom. The SMILES string of the molecule is C[C@@H](n1cnn(-c2ccc(OC(F)(F)F)cc2)c1=O)[C@@]1(c2ccc(F)cc2F)CO1. The first-order valence-electron chi connectivity index (χ1n) is 8.72. The summed E-state index contributed by atoms with van der Waals surface area (Å²) in [6.45, 7) is 1.75. The van der Waals surface area contributed by atoms with Gasteiger partial charge in [0.05, 0.1) is 18.3 Å². The summed E-state index contributed by atoms with van der Waals surface area (Å²) in [5, 5.41) is 3.98. The Hall–Kier alpha value is -3.21. The van der Waals surface area contributed by atoms with Crippen molar-refractivity contribution >= 4 is 0 Å². The molecule has 2 heterocycles. The highest BCUT2D eigenvalue weighted by Crippen LogP contribution is 2.48. The highest BCUT2D eigenvalue weighted by Gasteiger charge is 2.54. The van der Waals surface area contributed by atoms with E-state index in [1.54, 1.807) is 6.92 Å². The third-order valence-electron chi connectivity index (χ3n) is 4.94. The number of halogens is 5. The van der Waals surface area contributed by atoms with Gasteiger partial charge in [-0.05, 0) is 37.3 Å². The highest BCUT2D eigenvalue weighted by atomic mass is 19.4. The molecule has 1 aliphatic heterocycles. The predicted octanol–water partition coefficient (Wildman–Crippen LogP) is 3.70. The normalized spacial score (nSPS) is 19.5. The van der Waals surface area contributed by atoms with Crippen molar-refractivity contribution in [3.63, 3.8) is 0 Å². The van der Waals surface area contributed by atoms with Crippen LogP contribution >= 0.6 is 0 Å². The van der Waals surface area contributed by atoms with Gasteiger partial charge in [0.25, 0.3) is 0 Å². The molecule has 1 aromatic heterocycles. The van der Waals surface area contributed by atoms with E-state index in [-0.39, 0.29) is 17.9 Å². The average molecular weight is 427 g/mol. The van der Waals surface area contributed by atoms with Gasteiger partial charge < -0.3 is 9.47 Å². The summed E-state index contributed by atoms with van der Waals surface area (Å²) in [7, 11) is 0. The number of hydrogen-bond donors (Lipinski definition) is 0. The van der Waals surface area contributed by atoms with Crippen molar-refractivity contribution in [3.8, 4) is 11.4 Å². The van der Waals surface area contributed by atoms with Gasteiger partial charge in [-0.1, -0.05) is 6.07 Å². The molecule has 1 aliphatic rings.